The minimum Gasteiger partial charge on any atom is -0.336 e. The van der Waals surface area contributed by atoms with Crippen LogP contribution in [-0.4, -0.2) is 20.2 Å². The highest BCUT2D eigenvalue weighted by atomic mass is 32.2. The first kappa shape index (κ1) is 9.09. The summed E-state index contributed by atoms with van der Waals surface area (Å²) in [5.74, 6) is 2.08. The van der Waals surface area contributed by atoms with Gasteiger partial charge in [0.1, 0.15) is 12.0 Å². The summed E-state index contributed by atoms with van der Waals surface area (Å²) in [7, 11) is 2.01. The second kappa shape index (κ2) is 3.03. The monoisotopic (exact) mass is 196 g/mol. The van der Waals surface area contributed by atoms with E-state index in [0.717, 1.165) is 11.7 Å². The lowest BCUT2D eigenvalue weighted by Gasteiger charge is -2.24. The molecule has 1 atom stereocenters. The molecule has 0 saturated carbocycles. The van der Waals surface area contributed by atoms with E-state index in [2.05, 4.69) is 30.3 Å². The molecule has 1 saturated heterocycles. The number of aromatic nitrogens is 2. The summed E-state index contributed by atoms with van der Waals surface area (Å²) >= 11 is 1.94. The van der Waals surface area contributed by atoms with Crippen molar-refractivity contribution in [3.8, 4) is 0 Å². The number of hydrogen-bond acceptors (Lipinski definition) is 3. The number of aryl methyl sites for hydroxylation is 1. The maximum absolute atomic E-state index is 4.26. The Labute approximate surface area is 82.9 Å². The van der Waals surface area contributed by atoms with Gasteiger partial charge in [0.15, 0.2) is 0 Å². The zero-order chi connectivity index (χ0) is 9.47. The molecule has 71 valence electrons. The Morgan fingerprint density at radius 2 is 2.54 bits per heavy atom. The number of nitrogens with one attached hydrogen (secondary N) is 1. The van der Waals surface area contributed by atoms with Gasteiger partial charge in [-0.25, -0.2) is 4.98 Å². The summed E-state index contributed by atoms with van der Waals surface area (Å²) in [5.41, 5.74) is 0. The Hall–Kier alpha value is -0.480. The molecule has 1 fully saturated rings. The van der Waals surface area contributed by atoms with Crippen molar-refractivity contribution in [2.24, 2.45) is 7.05 Å². The first-order valence-corrected chi connectivity index (χ1v) is 5.36. The third-order valence-electron chi connectivity index (χ3n) is 2.48. The third kappa shape index (κ3) is 1.48. The lowest BCUT2D eigenvalue weighted by Crippen LogP contribution is -2.30. The van der Waals surface area contributed by atoms with E-state index in [1.165, 1.54) is 0 Å². The van der Waals surface area contributed by atoms with Crippen LogP contribution in [0.3, 0.4) is 0 Å². The summed E-state index contributed by atoms with van der Waals surface area (Å²) in [6.07, 6.45) is 4.75. The molecule has 3 nitrogen and oxygen atoms in total. The summed E-state index contributed by atoms with van der Waals surface area (Å²) < 4.78 is 2.26. The fourth-order valence-electron chi connectivity index (χ4n) is 1.64. The van der Waals surface area contributed by atoms with Crippen LogP contribution in [0.15, 0.2) is 6.20 Å². The number of thioether (sulfide) groups is 1. The Bertz CT molecular complexity index is 306. The molecule has 1 aromatic rings. The van der Waals surface area contributed by atoms with Crippen molar-refractivity contribution in [2.45, 2.75) is 24.6 Å². The summed E-state index contributed by atoms with van der Waals surface area (Å²) in [4.78, 5) is 4.26. The normalized spacial score (nSPS) is 26.5. The Morgan fingerprint density at radius 1 is 1.77 bits per heavy atom. The average molecular weight is 196 g/mol. The second-order valence-electron chi connectivity index (χ2n) is 3.87. The summed E-state index contributed by atoms with van der Waals surface area (Å²) in [6, 6.07) is 0.341. The zero-order valence-corrected chi connectivity index (χ0v) is 8.98. The zero-order valence-electron chi connectivity index (χ0n) is 8.16. The van der Waals surface area contributed by atoms with Crippen LogP contribution in [0.2, 0.25) is 0 Å². The maximum atomic E-state index is 4.26. The van der Waals surface area contributed by atoms with Gasteiger partial charge in [-0.3, -0.25) is 5.32 Å². The van der Waals surface area contributed by atoms with Crippen LogP contribution in [0, 0.1) is 6.20 Å². The van der Waals surface area contributed by atoms with Crippen LogP contribution in [0.5, 0.6) is 0 Å². The molecule has 2 heterocycles. The van der Waals surface area contributed by atoms with Gasteiger partial charge in [-0.1, -0.05) is 0 Å². The van der Waals surface area contributed by atoms with Gasteiger partial charge in [-0.05, 0) is 13.8 Å². The Morgan fingerprint density at radius 3 is 3.00 bits per heavy atom. The van der Waals surface area contributed by atoms with Gasteiger partial charge in [0.2, 0.25) is 0 Å². The van der Waals surface area contributed by atoms with E-state index in [1.54, 1.807) is 0 Å². The highest BCUT2D eigenvalue weighted by molar-refractivity contribution is 8.00. The number of imidazole rings is 1. The van der Waals surface area contributed by atoms with Gasteiger partial charge in [0.25, 0.3) is 0 Å². The van der Waals surface area contributed by atoms with Crippen molar-refractivity contribution in [1.29, 1.82) is 0 Å². The molecule has 2 rings (SSSR count). The van der Waals surface area contributed by atoms with Gasteiger partial charge in [-0.2, -0.15) is 0 Å². The molecule has 0 aliphatic carbocycles. The van der Waals surface area contributed by atoms with E-state index in [0.29, 0.717) is 6.04 Å². The smallest absolute Gasteiger partial charge is 0.127 e. The molecular weight excluding hydrogens is 182 g/mol. The molecule has 0 amide bonds. The molecule has 0 bridgehead atoms. The molecule has 1 aliphatic rings. The average Bonchev–Trinajstić information content (AvgIpc) is 2.56. The fraction of sp³-hybridized carbons (Fsp3) is 0.667. The highest BCUT2D eigenvalue weighted by Crippen LogP contribution is 2.41. The van der Waals surface area contributed by atoms with Crippen molar-refractivity contribution >= 4 is 11.8 Å². The molecule has 1 N–H and O–H groups in total. The van der Waals surface area contributed by atoms with E-state index in [4.69, 9.17) is 0 Å². The van der Waals surface area contributed by atoms with Crippen LogP contribution in [0.25, 0.3) is 0 Å². The topological polar surface area (TPSA) is 29.9 Å². The molecule has 1 aliphatic heterocycles. The predicted molar refractivity (Wildman–Crippen MR) is 54.5 cm³/mol. The van der Waals surface area contributed by atoms with Crippen molar-refractivity contribution in [3.63, 3.8) is 0 Å². The fourth-order valence-corrected chi connectivity index (χ4v) is 2.61. The minimum absolute atomic E-state index is 0.229. The van der Waals surface area contributed by atoms with Gasteiger partial charge in [0, 0.05) is 23.9 Å². The maximum Gasteiger partial charge on any atom is 0.127 e. The highest BCUT2D eigenvalue weighted by Gasteiger charge is 2.38. The van der Waals surface area contributed by atoms with Crippen LogP contribution in [-0.2, 0) is 7.05 Å². The van der Waals surface area contributed by atoms with Gasteiger partial charge < -0.3 is 4.57 Å². The molecule has 1 radical (unpaired) electrons. The van der Waals surface area contributed by atoms with Gasteiger partial charge in [0.05, 0.1) is 6.04 Å². The lowest BCUT2D eigenvalue weighted by molar-refractivity contribution is 0.470. The number of nitrogens with zero attached hydrogens (tertiary/aromatic N) is 2. The second-order valence-corrected chi connectivity index (χ2v) is 5.50. The lowest BCUT2D eigenvalue weighted by atomic mass is 10.0. The van der Waals surface area contributed by atoms with Crippen molar-refractivity contribution in [2.75, 3.05) is 5.88 Å². The molecular formula is C9H14N3S. The Kier molecular flexibility index (Phi) is 2.12. The SMILES string of the molecule is Cn1c[c]nc1C1NCSC1(C)C. The molecule has 1 aromatic heterocycles. The largest absolute Gasteiger partial charge is 0.336 e. The predicted octanol–water partition coefficient (Wildman–Crippen LogP) is 1.33. The van der Waals surface area contributed by atoms with Crippen molar-refractivity contribution in [1.82, 2.24) is 14.9 Å². The number of rotatable bonds is 1. The van der Waals surface area contributed by atoms with Crippen molar-refractivity contribution in [3.05, 3.63) is 18.2 Å². The summed E-state index contributed by atoms with van der Waals surface area (Å²) in [5, 5.41) is 3.45. The van der Waals surface area contributed by atoms with E-state index < -0.39 is 0 Å². The molecule has 0 spiro atoms. The van der Waals surface area contributed by atoms with E-state index >= 15 is 0 Å². The van der Waals surface area contributed by atoms with E-state index in [-0.39, 0.29) is 4.75 Å². The quantitative estimate of drug-likeness (QED) is 0.735. The van der Waals surface area contributed by atoms with Crippen LogP contribution < -0.4 is 5.32 Å². The standard InChI is InChI=1S/C9H14N3S/c1-9(2)7(11-6-13-9)8-10-4-5-12(8)3/h5,7,11H,6H2,1-3H3. The first-order chi connectivity index (χ1) is 6.11. The van der Waals surface area contributed by atoms with Crippen molar-refractivity contribution < 1.29 is 0 Å². The van der Waals surface area contributed by atoms with Crippen LogP contribution in [0.1, 0.15) is 25.7 Å². The third-order valence-corrected chi connectivity index (χ3v) is 3.77. The Balaban J connectivity index is 2.31. The summed E-state index contributed by atoms with van der Waals surface area (Å²) in [6.45, 7) is 4.49. The molecule has 0 aromatic carbocycles. The molecule has 1 unspecified atom stereocenters. The minimum atomic E-state index is 0.229. The first-order valence-electron chi connectivity index (χ1n) is 4.38. The van der Waals surface area contributed by atoms with Gasteiger partial charge >= 0.3 is 0 Å². The van der Waals surface area contributed by atoms with E-state index in [1.807, 2.05) is 29.6 Å². The van der Waals surface area contributed by atoms with Crippen LogP contribution in [0.4, 0.5) is 0 Å². The molecule has 13 heavy (non-hydrogen) atoms. The van der Waals surface area contributed by atoms with Crippen LogP contribution >= 0.6 is 11.8 Å². The van der Waals surface area contributed by atoms with Gasteiger partial charge in [-0.15, -0.1) is 11.8 Å². The number of hydrogen-bond donors (Lipinski definition) is 1. The molecule has 4 heteroatoms. The van der Waals surface area contributed by atoms with E-state index in [9.17, 15) is 0 Å².